The van der Waals surface area contributed by atoms with Crippen molar-refractivity contribution in [3.05, 3.63) is 59.7 Å². The predicted octanol–water partition coefficient (Wildman–Crippen LogP) is 4.71. The van der Waals surface area contributed by atoms with E-state index in [9.17, 15) is 14.7 Å². The number of nitrogens with zero attached hydrogens (tertiary/aromatic N) is 1. The van der Waals surface area contributed by atoms with Crippen LogP contribution in [-0.2, 0) is 9.53 Å². The Hall–Kier alpha value is -2.82. The van der Waals surface area contributed by atoms with Gasteiger partial charge in [0.2, 0.25) is 0 Å². The number of amides is 1. The third kappa shape index (κ3) is 3.07. The highest BCUT2D eigenvalue weighted by Gasteiger charge is 2.50. The summed E-state index contributed by atoms with van der Waals surface area (Å²) in [5.74, 6) is -0.950. The van der Waals surface area contributed by atoms with E-state index in [0.29, 0.717) is 6.42 Å². The Labute approximate surface area is 159 Å². The summed E-state index contributed by atoms with van der Waals surface area (Å²) in [5, 5.41) is 10.1. The number of hydrogen-bond acceptors (Lipinski definition) is 3. The van der Waals surface area contributed by atoms with Crippen LogP contribution < -0.4 is 0 Å². The molecule has 0 bridgehead atoms. The second-order valence-electron chi connectivity index (χ2n) is 7.59. The quantitative estimate of drug-likeness (QED) is 0.831. The number of carboxylic acid groups (broad SMARTS) is 1. The van der Waals surface area contributed by atoms with E-state index in [1.165, 1.54) is 12.0 Å². The molecule has 1 aliphatic carbocycles. The predicted molar refractivity (Wildman–Crippen MR) is 103 cm³/mol. The third-order valence-corrected chi connectivity index (χ3v) is 5.23. The van der Waals surface area contributed by atoms with Crippen LogP contribution >= 0.6 is 0 Å². The fourth-order valence-corrected chi connectivity index (χ4v) is 4.18. The molecule has 1 aliphatic rings. The Morgan fingerprint density at radius 3 is 1.96 bits per heavy atom. The standard InChI is InChI=1S/C22H25NO4/c1-14(2)13-22(3,20(24)25)23(21(26)27-4)19-17-11-7-5-9-15(17)16-10-6-8-12-18(16)19/h5-12,14,19H,13H2,1-4H3,(H,24,25). The summed E-state index contributed by atoms with van der Waals surface area (Å²) in [5.41, 5.74) is 2.46. The molecule has 5 nitrogen and oxygen atoms in total. The highest BCUT2D eigenvalue weighted by Crippen LogP contribution is 2.49. The van der Waals surface area contributed by atoms with Gasteiger partial charge in [0.1, 0.15) is 5.54 Å². The number of carboxylic acids is 1. The molecular weight excluding hydrogens is 342 g/mol. The van der Waals surface area contributed by atoms with Gasteiger partial charge in [0.15, 0.2) is 0 Å². The normalized spacial score (nSPS) is 15.0. The highest BCUT2D eigenvalue weighted by atomic mass is 16.5. The van der Waals surface area contributed by atoms with Crippen LogP contribution in [0.1, 0.15) is 44.4 Å². The first kappa shape index (κ1) is 19.0. The number of fused-ring (bicyclic) bond motifs is 3. The van der Waals surface area contributed by atoms with E-state index in [-0.39, 0.29) is 5.92 Å². The van der Waals surface area contributed by atoms with E-state index in [2.05, 4.69) is 0 Å². The van der Waals surface area contributed by atoms with Gasteiger partial charge >= 0.3 is 12.1 Å². The van der Waals surface area contributed by atoms with Gasteiger partial charge in [-0.3, -0.25) is 4.90 Å². The molecule has 0 aromatic heterocycles. The Bertz CT molecular complexity index is 831. The Kier molecular flexibility index (Phi) is 4.96. The topological polar surface area (TPSA) is 66.8 Å². The van der Waals surface area contributed by atoms with Gasteiger partial charge in [0.25, 0.3) is 0 Å². The average Bonchev–Trinajstić information content (AvgIpc) is 2.96. The van der Waals surface area contributed by atoms with Crippen LogP contribution in [0.15, 0.2) is 48.5 Å². The molecular formula is C22H25NO4. The van der Waals surface area contributed by atoms with E-state index in [1.807, 2.05) is 62.4 Å². The molecule has 27 heavy (non-hydrogen) atoms. The van der Waals surface area contributed by atoms with Gasteiger partial charge in [-0.15, -0.1) is 0 Å². The summed E-state index contributed by atoms with van der Waals surface area (Å²) in [6.45, 7) is 5.51. The first-order chi connectivity index (χ1) is 12.8. The average molecular weight is 367 g/mol. The lowest BCUT2D eigenvalue weighted by Gasteiger charge is -2.42. The minimum atomic E-state index is -1.41. The Morgan fingerprint density at radius 2 is 1.56 bits per heavy atom. The van der Waals surface area contributed by atoms with Gasteiger partial charge in [-0.1, -0.05) is 62.4 Å². The number of aliphatic carboxylic acids is 1. The third-order valence-electron chi connectivity index (χ3n) is 5.23. The minimum Gasteiger partial charge on any atom is -0.480 e. The van der Waals surface area contributed by atoms with Crippen molar-refractivity contribution in [2.24, 2.45) is 5.92 Å². The lowest BCUT2D eigenvalue weighted by Crippen LogP contribution is -2.57. The largest absolute Gasteiger partial charge is 0.480 e. The zero-order valence-electron chi connectivity index (χ0n) is 16.1. The van der Waals surface area contributed by atoms with Crippen LogP contribution in [0.4, 0.5) is 4.79 Å². The number of benzene rings is 2. The fourth-order valence-electron chi connectivity index (χ4n) is 4.18. The van der Waals surface area contributed by atoms with Gasteiger partial charge < -0.3 is 9.84 Å². The van der Waals surface area contributed by atoms with Gasteiger partial charge in [0.05, 0.1) is 13.2 Å². The molecule has 1 unspecified atom stereocenters. The maximum atomic E-state index is 12.9. The molecule has 2 aromatic rings. The number of methoxy groups -OCH3 is 1. The number of rotatable bonds is 5. The molecule has 0 fully saturated rings. The van der Waals surface area contributed by atoms with E-state index in [1.54, 1.807) is 6.92 Å². The van der Waals surface area contributed by atoms with Gasteiger partial charge in [-0.25, -0.2) is 9.59 Å². The molecule has 0 heterocycles. The van der Waals surface area contributed by atoms with Crippen molar-refractivity contribution in [1.29, 1.82) is 0 Å². The van der Waals surface area contributed by atoms with Crippen molar-refractivity contribution in [2.75, 3.05) is 7.11 Å². The summed E-state index contributed by atoms with van der Waals surface area (Å²) >= 11 is 0. The molecule has 0 aliphatic heterocycles. The molecule has 3 rings (SSSR count). The Morgan fingerprint density at radius 1 is 1.07 bits per heavy atom. The first-order valence-electron chi connectivity index (χ1n) is 9.10. The summed E-state index contributed by atoms with van der Waals surface area (Å²) in [7, 11) is 1.29. The second-order valence-corrected chi connectivity index (χ2v) is 7.59. The van der Waals surface area contributed by atoms with Gasteiger partial charge in [0, 0.05) is 0 Å². The molecule has 142 valence electrons. The lowest BCUT2D eigenvalue weighted by molar-refractivity contribution is -0.151. The SMILES string of the molecule is COC(=O)N(C1c2ccccc2-c2ccccc21)C(C)(CC(C)C)C(=O)O. The maximum Gasteiger partial charge on any atom is 0.411 e. The van der Waals surface area contributed by atoms with Crippen molar-refractivity contribution < 1.29 is 19.4 Å². The molecule has 0 saturated heterocycles. The second kappa shape index (κ2) is 7.06. The lowest BCUT2D eigenvalue weighted by atomic mass is 9.86. The van der Waals surface area contributed by atoms with Crippen LogP contribution in [0, 0.1) is 5.92 Å². The van der Waals surface area contributed by atoms with Crippen LogP contribution in [0.5, 0.6) is 0 Å². The fraction of sp³-hybridized carbons (Fsp3) is 0.364. The van der Waals surface area contributed by atoms with Crippen molar-refractivity contribution in [3.8, 4) is 11.1 Å². The first-order valence-corrected chi connectivity index (χ1v) is 9.10. The van der Waals surface area contributed by atoms with Crippen molar-refractivity contribution in [3.63, 3.8) is 0 Å². The number of carbonyl (C=O) groups excluding carboxylic acids is 1. The highest BCUT2D eigenvalue weighted by molar-refractivity contribution is 5.87. The monoisotopic (exact) mass is 367 g/mol. The summed E-state index contributed by atoms with van der Waals surface area (Å²) in [6, 6.07) is 15.1. The number of hydrogen-bond donors (Lipinski definition) is 1. The molecule has 0 saturated carbocycles. The van der Waals surface area contributed by atoms with E-state index >= 15 is 0 Å². The van der Waals surface area contributed by atoms with E-state index < -0.39 is 23.6 Å². The van der Waals surface area contributed by atoms with Gasteiger partial charge in [-0.05, 0) is 41.5 Å². The van der Waals surface area contributed by atoms with Crippen molar-refractivity contribution in [1.82, 2.24) is 4.90 Å². The molecule has 1 amide bonds. The molecule has 0 spiro atoms. The zero-order chi connectivity index (χ0) is 19.8. The molecule has 1 N–H and O–H groups in total. The number of ether oxygens (including phenoxy) is 1. The molecule has 0 radical (unpaired) electrons. The van der Waals surface area contributed by atoms with Crippen molar-refractivity contribution >= 4 is 12.1 Å². The van der Waals surface area contributed by atoms with E-state index in [0.717, 1.165) is 22.3 Å². The molecule has 1 atom stereocenters. The zero-order valence-corrected chi connectivity index (χ0v) is 16.1. The number of carbonyl (C=O) groups is 2. The van der Waals surface area contributed by atoms with Crippen LogP contribution in [0.2, 0.25) is 0 Å². The summed E-state index contributed by atoms with van der Waals surface area (Å²) in [6.07, 6.45) is -0.324. The summed E-state index contributed by atoms with van der Waals surface area (Å²) < 4.78 is 5.06. The van der Waals surface area contributed by atoms with Crippen LogP contribution in [0.25, 0.3) is 11.1 Å². The van der Waals surface area contributed by atoms with E-state index in [4.69, 9.17) is 4.74 Å². The van der Waals surface area contributed by atoms with Crippen LogP contribution in [-0.4, -0.2) is 34.7 Å². The minimum absolute atomic E-state index is 0.0881. The maximum absolute atomic E-state index is 12.9. The van der Waals surface area contributed by atoms with Crippen LogP contribution in [0.3, 0.4) is 0 Å². The summed E-state index contributed by atoms with van der Waals surface area (Å²) in [4.78, 5) is 26.6. The smallest absolute Gasteiger partial charge is 0.411 e. The van der Waals surface area contributed by atoms with Gasteiger partial charge in [-0.2, -0.15) is 0 Å². The molecule has 2 aromatic carbocycles. The van der Waals surface area contributed by atoms with Crippen molar-refractivity contribution in [2.45, 2.75) is 38.8 Å². The Balaban J connectivity index is 2.25. The molecule has 5 heteroatoms.